The molecule has 3 aromatic rings. The van der Waals surface area contributed by atoms with Crippen molar-refractivity contribution in [2.24, 2.45) is 5.10 Å². The molecule has 0 unspecified atom stereocenters. The number of rotatable bonds is 12. The van der Waals surface area contributed by atoms with E-state index in [9.17, 15) is 13.2 Å². The molecule has 0 aliphatic rings. The van der Waals surface area contributed by atoms with E-state index >= 15 is 0 Å². The molecule has 9 nitrogen and oxygen atoms in total. The summed E-state index contributed by atoms with van der Waals surface area (Å²) in [5.74, 6) is 1.09. The first-order valence-electron chi connectivity index (χ1n) is 11.6. The summed E-state index contributed by atoms with van der Waals surface area (Å²) in [6.45, 7) is 4.23. The Kier molecular flexibility index (Phi) is 9.51. The molecule has 0 aliphatic carbocycles. The van der Waals surface area contributed by atoms with Crippen molar-refractivity contribution >= 4 is 27.8 Å². The molecule has 1 amide bonds. The van der Waals surface area contributed by atoms with Crippen LogP contribution in [0.2, 0.25) is 0 Å². The van der Waals surface area contributed by atoms with Gasteiger partial charge in [-0.05, 0) is 67.4 Å². The number of ether oxygens (including phenoxy) is 3. The van der Waals surface area contributed by atoms with Crippen molar-refractivity contribution < 1.29 is 27.4 Å². The summed E-state index contributed by atoms with van der Waals surface area (Å²) < 4.78 is 42.7. The van der Waals surface area contributed by atoms with Crippen molar-refractivity contribution in [2.45, 2.75) is 26.5 Å². The van der Waals surface area contributed by atoms with Gasteiger partial charge in [0, 0.05) is 0 Å². The number of benzene rings is 3. The average Bonchev–Trinajstić information content (AvgIpc) is 2.88. The maximum Gasteiger partial charge on any atom is 0.263 e. The third kappa shape index (κ3) is 7.71. The monoisotopic (exact) mass is 525 g/mol. The maximum atomic E-state index is 12.8. The topological polar surface area (TPSA) is 107 Å². The van der Waals surface area contributed by atoms with Crippen LogP contribution in [0.3, 0.4) is 0 Å². The van der Waals surface area contributed by atoms with Crippen LogP contribution >= 0.6 is 0 Å². The zero-order valence-corrected chi connectivity index (χ0v) is 22.1. The standard InChI is InChI=1S/C27H31N3O6S/c1-5-35-24-14-12-23(13-15-24)30(37(4,32)33)20(2)27(31)29-28-18-22-11-16-25(26(17-22)34-3)36-19-21-9-7-6-8-10-21/h6-18,20H,5,19H2,1-4H3,(H,29,31)/b28-18-/t20-/m1/s1. The molecule has 10 heteroatoms. The van der Waals surface area contributed by atoms with E-state index in [0.29, 0.717) is 41.7 Å². The average molecular weight is 526 g/mol. The Morgan fingerprint density at radius 2 is 1.73 bits per heavy atom. The van der Waals surface area contributed by atoms with Crippen molar-refractivity contribution in [1.29, 1.82) is 0 Å². The molecular weight excluding hydrogens is 494 g/mol. The second-order valence-electron chi connectivity index (χ2n) is 8.08. The molecule has 0 saturated heterocycles. The first-order chi connectivity index (χ1) is 17.7. The van der Waals surface area contributed by atoms with Gasteiger partial charge >= 0.3 is 0 Å². The second kappa shape index (κ2) is 12.8. The van der Waals surface area contributed by atoms with E-state index < -0.39 is 22.0 Å². The Morgan fingerprint density at radius 1 is 1.03 bits per heavy atom. The third-order valence-electron chi connectivity index (χ3n) is 5.30. The van der Waals surface area contributed by atoms with Crippen molar-refractivity contribution in [3.8, 4) is 17.2 Å². The Bertz CT molecular complexity index is 1310. The second-order valence-corrected chi connectivity index (χ2v) is 9.94. The molecule has 3 aromatic carbocycles. The van der Waals surface area contributed by atoms with Gasteiger partial charge in [-0.3, -0.25) is 9.10 Å². The molecule has 0 bridgehead atoms. The molecule has 0 aliphatic heterocycles. The summed E-state index contributed by atoms with van der Waals surface area (Å²) in [5, 5.41) is 4.00. The van der Waals surface area contributed by atoms with Gasteiger partial charge in [-0.1, -0.05) is 30.3 Å². The number of methoxy groups -OCH3 is 1. The van der Waals surface area contributed by atoms with Gasteiger partial charge in [0.15, 0.2) is 11.5 Å². The maximum absolute atomic E-state index is 12.8. The number of nitrogens with one attached hydrogen (secondary N) is 1. The zero-order valence-electron chi connectivity index (χ0n) is 21.2. The lowest BCUT2D eigenvalue weighted by molar-refractivity contribution is -0.121. The molecule has 0 radical (unpaired) electrons. The normalized spacial score (nSPS) is 12.1. The number of hydrogen-bond donors (Lipinski definition) is 1. The molecule has 0 fully saturated rings. The van der Waals surface area contributed by atoms with Crippen LogP contribution in [0, 0.1) is 0 Å². The van der Waals surface area contributed by atoms with E-state index in [4.69, 9.17) is 14.2 Å². The first kappa shape index (κ1) is 27.5. The summed E-state index contributed by atoms with van der Waals surface area (Å²) in [4.78, 5) is 12.8. The van der Waals surface area contributed by atoms with Gasteiger partial charge in [0.1, 0.15) is 18.4 Å². The number of hydrogen-bond acceptors (Lipinski definition) is 7. The lowest BCUT2D eigenvalue weighted by atomic mass is 10.2. The Hall–Kier alpha value is -4.05. The molecule has 1 atom stereocenters. The Balaban J connectivity index is 1.66. The van der Waals surface area contributed by atoms with E-state index in [-0.39, 0.29) is 0 Å². The highest BCUT2D eigenvalue weighted by molar-refractivity contribution is 7.92. The molecule has 0 aromatic heterocycles. The minimum atomic E-state index is -3.75. The number of sulfonamides is 1. The molecule has 196 valence electrons. The highest BCUT2D eigenvalue weighted by Gasteiger charge is 2.29. The molecule has 37 heavy (non-hydrogen) atoms. The predicted octanol–water partition coefficient (Wildman–Crippen LogP) is 3.98. The number of nitrogens with zero attached hydrogens (tertiary/aromatic N) is 2. The molecule has 3 rings (SSSR count). The molecule has 0 spiro atoms. The van der Waals surface area contributed by atoms with Gasteiger partial charge in [0.05, 0.1) is 31.9 Å². The summed E-state index contributed by atoms with van der Waals surface area (Å²) in [5.41, 5.74) is 4.44. The fourth-order valence-corrected chi connectivity index (χ4v) is 4.72. The molecular formula is C27H31N3O6S. The van der Waals surface area contributed by atoms with Gasteiger partial charge < -0.3 is 14.2 Å². The SMILES string of the molecule is CCOc1ccc(N([C@H](C)C(=O)N/N=C\c2ccc(OCc3ccccc3)c(OC)c2)S(C)(=O)=O)cc1. The van der Waals surface area contributed by atoms with Crippen molar-refractivity contribution in [3.05, 3.63) is 83.9 Å². The van der Waals surface area contributed by atoms with E-state index in [1.54, 1.807) is 42.5 Å². The lowest BCUT2D eigenvalue weighted by Crippen LogP contribution is -2.46. The van der Waals surface area contributed by atoms with E-state index in [1.165, 1.54) is 20.2 Å². The summed E-state index contributed by atoms with van der Waals surface area (Å²) in [6, 6.07) is 20.5. The smallest absolute Gasteiger partial charge is 0.263 e. The fraction of sp³-hybridized carbons (Fsp3) is 0.259. The predicted molar refractivity (Wildman–Crippen MR) is 144 cm³/mol. The molecule has 0 saturated carbocycles. The van der Waals surface area contributed by atoms with Gasteiger partial charge in [-0.15, -0.1) is 0 Å². The van der Waals surface area contributed by atoms with Crippen LogP contribution in [-0.4, -0.2) is 46.6 Å². The summed E-state index contributed by atoms with van der Waals surface area (Å²) >= 11 is 0. The Morgan fingerprint density at radius 3 is 2.35 bits per heavy atom. The minimum absolute atomic E-state index is 0.341. The highest BCUT2D eigenvalue weighted by Crippen LogP contribution is 2.28. The van der Waals surface area contributed by atoms with Crippen LogP contribution < -0.4 is 23.9 Å². The number of amides is 1. The number of hydrazone groups is 1. The summed E-state index contributed by atoms with van der Waals surface area (Å²) in [7, 11) is -2.22. The summed E-state index contributed by atoms with van der Waals surface area (Å²) in [6.07, 6.45) is 2.49. The van der Waals surface area contributed by atoms with Gasteiger partial charge in [-0.25, -0.2) is 13.8 Å². The van der Waals surface area contributed by atoms with Crippen LogP contribution in [0.5, 0.6) is 17.2 Å². The van der Waals surface area contributed by atoms with Crippen LogP contribution in [-0.2, 0) is 21.4 Å². The van der Waals surface area contributed by atoms with E-state index in [0.717, 1.165) is 16.1 Å². The lowest BCUT2D eigenvalue weighted by Gasteiger charge is -2.27. The van der Waals surface area contributed by atoms with Crippen molar-refractivity contribution in [2.75, 3.05) is 24.3 Å². The van der Waals surface area contributed by atoms with Crippen LogP contribution in [0.1, 0.15) is 25.0 Å². The van der Waals surface area contributed by atoms with Crippen LogP contribution in [0.4, 0.5) is 5.69 Å². The van der Waals surface area contributed by atoms with Crippen molar-refractivity contribution in [1.82, 2.24) is 5.43 Å². The minimum Gasteiger partial charge on any atom is -0.494 e. The first-order valence-corrected chi connectivity index (χ1v) is 13.5. The largest absolute Gasteiger partial charge is 0.494 e. The quantitative estimate of drug-likeness (QED) is 0.283. The van der Waals surface area contributed by atoms with Crippen LogP contribution in [0.25, 0.3) is 0 Å². The third-order valence-corrected chi connectivity index (χ3v) is 6.55. The number of carbonyl (C=O) groups excluding carboxylic acids is 1. The van der Waals surface area contributed by atoms with Gasteiger partial charge in [0.2, 0.25) is 10.0 Å². The van der Waals surface area contributed by atoms with Crippen molar-refractivity contribution in [3.63, 3.8) is 0 Å². The van der Waals surface area contributed by atoms with Crippen LogP contribution in [0.15, 0.2) is 77.9 Å². The molecule has 0 heterocycles. The van der Waals surface area contributed by atoms with E-state index in [2.05, 4.69) is 10.5 Å². The zero-order chi connectivity index (χ0) is 26.8. The fourth-order valence-electron chi connectivity index (χ4n) is 3.55. The van der Waals surface area contributed by atoms with Gasteiger partial charge in [0.25, 0.3) is 5.91 Å². The number of carbonyl (C=O) groups is 1. The molecule has 1 N–H and O–H groups in total. The highest BCUT2D eigenvalue weighted by atomic mass is 32.2. The Labute approximate surface area is 217 Å². The van der Waals surface area contributed by atoms with Gasteiger partial charge in [-0.2, -0.15) is 5.10 Å². The number of anilines is 1. The van der Waals surface area contributed by atoms with E-state index in [1.807, 2.05) is 37.3 Å².